The molecule has 1 saturated heterocycles. The second kappa shape index (κ2) is 5.37. The normalized spacial score (nSPS) is 20.8. The van der Waals surface area contributed by atoms with Gasteiger partial charge in [0.05, 0.1) is 4.99 Å². The maximum atomic E-state index is 5.92. The molecular weight excluding hydrogens is 240 g/mol. The molecule has 2 rings (SSSR count). The summed E-state index contributed by atoms with van der Waals surface area (Å²) in [6, 6.07) is 10.4. The molecule has 1 fully saturated rings. The van der Waals surface area contributed by atoms with E-state index in [0.717, 1.165) is 19.6 Å². The lowest BCUT2D eigenvalue weighted by Gasteiger charge is -2.25. The first-order valence-corrected chi connectivity index (χ1v) is 6.95. The quantitative estimate of drug-likeness (QED) is 0.846. The van der Waals surface area contributed by atoms with E-state index in [1.807, 2.05) is 6.07 Å². The number of nitrogens with two attached hydrogens (primary N) is 1. The number of benzene rings is 1. The molecule has 0 amide bonds. The Morgan fingerprint density at radius 2 is 2.06 bits per heavy atom. The van der Waals surface area contributed by atoms with E-state index in [0.29, 0.717) is 10.4 Å². The summed E-state index contributed by atoms with van der Waals surface area (Å²) in [5.74, 6) is 0.176. The monoisotopic (exact) mass is 262 g/mol. The Hall–Kier alpha value is -0.930. The highest BCUT2D eigenvalue weighted by atomic mass is 32.1. The van der Waals surface area contributed by atoms with Gasteiger partial charge in [-0.2, -0.15) is 0 Å². The third-order valence-electron chi connectivity index (χ3n) is 3.74. The smallest absolute Gasteiger partial charge is 0.0816 e. The fraction of sp³-hybridized carbons (Fsp3) is 0.533. The first-order valence-electron chi connectivity index (χ1n) is 6.54. The van der Waals surface area contributed by atoms with Crippen LogP contribution in [0.1, 0.15) is 31.7 Å². The van der Waals surface area contributed by atoms with Crippen LogP contribution in [0.5, 0.6) is 0 Å². The predicted octanol–water partition coefficient (Wildman–Crippen LogP) is 2.79. The molecule has 1 atom stereocenters. The van der Waals surface area contributed by atoms with E-state index in [9.17, 15) is 0 Å². The Kier molecular flexibility index (Phi) is 4.03. The third kappa shape index (κ3) is 3.30. The molecule has 0 aliphatic carbocycles. The Labute approximate surface area is 115 Å². The molecule has 0 aromatic heterocycles. The van der Waals surface area contributed by atoms with Crippen LogP contribution in [0.3, 0.4) is 0 Å². The second-order valence-corrected chi connectivity index (χ2v) is 6.49. The molecule has 1 aliphatic heterocycles. The maximum absolute atomic E-state index is 5.92. The van der Waals surface area contributed by atoms with E-state index in [1.165, 1.54) is 12.0 Å². The fourth-order valence-electron chi connectivity index (χ4n) is 2.68. The summed E-state index contributed by atoms with van der Waals surface area (Å²) in [5, 5.41) is 0. The topological polar surface area (TPSA) is 29.3 Å². The average Bonchev–Trinajstić information content (AvgIpc) is 2.66. The zero-order valence-corrected chi connectivity index (χ0v) is 12.0. The molecule has 1 heterocycles. The third-order valence-corrected chi connectivity index (χ3v) is 4.03. The summed E-state index contributed by atoms with van der Waals surface area (Å²) in [5.41, 5.74) is 7.58. The number of likely N-dealkylation sites (tertiary alicyclic amines) is 1. The number of hydrogen-bond donors (Lipinski definition) is 1. The van der Waals surface area contributed by atoms with Gasteiger partial charge >= 0.3 is 0 Å². The van der Waals surface area contributed by atoms with Gasteiger partial charge in [-0.05, 0) is 23.9 Å². The lowest BCUT2D eigenvalue weighted by atomic mass is 9.93. The summed E-state index contributed by atoms with van der Waals surface area (Å²) in [7, 11) is 0. The van der Waals surface area contributed by atoms with Crippen LogP contribution < -0.4 is 5.73 Å². The van der Waals surface area contributed by atoms with Gasteiger partial charge in [0.15, 0.2) is 0 Å². The molecule has 0 saturated carbocycles. The number of rotatable bonds is 4. The highest BCUT2D eigenvalue weighted by Gasteiger charge is 2.31. The van der Waals surface area contributed by atoms with Crippen LogP contribution in [0, 0.1) is 5.41 Å². The Bertz CT molecular complexity index is 414. The van der Waals surface area contributed by atoms with Crippen LogP contribution >= 0.6 is 12.2 Å². The van der Waals surface area contributed by atoms with Gasteiger partial charge < -0.3 is 10.6 Å². The Balaban J connectivity index is 2.07. The van der Waals surface area contributed by atoms with Crippen molar-refractivity contribution in [2.24, 2.45) is 11.1 Å². The van der Waals surface area contributed by atoms with Crippen LogP contribution in [0.2, 0.25) is 0 Å². The van der Waals surface area contributed by atoms with Crippen LogP contribution in [0.25, 0.3) is 0 Å². The van der Waals surface area contributed by atoms with Gasteiger partial charge in [0, 0.05) is 19.0 Å². The van der Waals surface area contributed by atoms with E-state index in [2.05, 4.69) is 43.0 Å². The lowest BCUT2D eigenvalue weighted by molar-refractivity contribution is 0.289. The summed E-state index contributed by atoms with van der Waals surface area (Å²) in [4.78, 5) is 3.09. The van der Waals surface area contributed by atoms with Crippen molar-refractivity contribution in [3.8, 4) is 0 Å². The van der Waals surface area contributed by atoms with Crippen molar-refractivity contribution in [2.45, 2.75) is 26.2 Å². The van der Waals surface area contributed by atoms with Crippen molar-refractivity contribution in [2.75, 3.05) is 19.6 Å². The van der Waals surface area contributed by atoms with Crippen molar-refractivity contribution in [3.63, 3.8) is 0 Å². The number of nitrogens with zero attached hydrogens (tertiary/aromatic N) is 1. The van der Waals surface area contributed by atoms with E-state index in [-0.39, 0.29) is 5.92 Å². The minimum Gasteiger partial charge on any atom is -0.393 e. The molecular formula is C15H22N2S. The van der Waals surface area contributed by atoms with Gasteiger partial charge in [0.25, 0.3) is 0 Å². The van der Waals surface area contributed by atoms with E-state index in [4.69, 9.17) is 18.0 Å². The van der Waals surface area contributed by atoms with Crippen molar-refractivity contribution < 1.29 is 0 Å². The first kappa shape index (κ1) is 13.5. The second-order valence-electron chi connectivity index (χ2n) is 6.01. The number of thiocarbonyl (C=S) groups is 1. The summed E-state index contributed by atoms with van der Waals surface area (Å²) < 4.78 is 0. The largest absolute Gasteiger partial charge is 0.393 e. The number of hydrogen-bond acceptors (Lipinski definition) is 2. The highest BCUT2D eigenvalue weighted by Crippen LogP contribution is 2.30. The first-order chi connectivity index (χ1) is 8.48. The van der Waals surface area contributed by atoms with Crippen LogP contribution in [0.4, 0.5) is 0 Å². The van der Waals surface area contributed by atoms with Gasteiger partial charge in [-0.3, -0.25) is 0 Å². The van der Waals surface area contributed by atoms with Gasteiger partial charge in [0.2, 0.25) is 0 Å². The van der Waals surface area contributed by atoms with E-state index < -0.39 is 0 Å². The molecule has 1 aliphatic rings. The Morgan fingerprint density at radius 1 is 1.39 bits per heavy atom. The summed E-state index contributed by atoms with van der Waals surface area (Å²) in [6.07, 6.45) is 1.26. The average molecular weight is 262 g/mol. The van der Waals surface area contributed by atoms with Crippen molar-refractivity contribution in [1.29, 1.82) is 0 Å². The molecule has 3 heteroatoms. The molecule has 1 unspecified atom stereocenters. The molecule has 98 valence electrons. The van der Waals surface area contributed by atoms with Crippen LogP contribution in [-0.2, 0) is 0 Å². The predicted molar refractivity (Wildman–Crippen MR) is 80.8 cm³/mol. The van der Waals surface area contributed by atoms with Gasteiger partial charge in [-0.25, -0.2) is 0 Å². The molecule has 2 N–H and O–H groups in total. The van der Waals surface area contributed by atoms with Crippen molar-refractivity contribution >= 4 is 17.2 Å². The van der Waals surface area contributed by atoms with Crippen LogP contribution in [-0.4, -0.2) is 29.5 Å². The fourth-order valence-corrected chi connectivity index (χ4v) is 2.89. The molecule has 0 bridgehead atoms. The zero-order valence-electron chi connectivity index (χ0n) is 11.2. The van der Waals surface area contributed by atoms with Crippen molar-refractivity contribution in [1.82, 2.24) is 4.90 Å². The van der Waals surface area contributed by atoms with Crippen LogP contribution in [0.15, 0.2) is 30.3 Å². The molecule has 18 heavy (non-hydrogen) atoms. The molecule has 1 aromatic rings. The Morgan fingerprint density at radius 3 is 2.56 bits per heavy atom. The maximum Gasteiger partial charge on any atom is 0.0816 e. The lowest BCUT2D eigenvalue weighted by Crippen LogP contribution is -2.33. The molecule has 0 radical (unpaired) electrons. The van der Waals surface area contributed by atoms with E-state index >= 15 is 0 Å². The minimum absolute atomic E-state index is 0.176. The molecule has 2 nitrogen and oxygen atoms in total. The van der Waals surface area contributed by atoms with Gasteiger partial charge in [0.1, 0.15) is 0 Å². The highest BCUT2D eigenvalue weighted by molar-refractivity contribution is 7.80. The molecule has 0 spiro atoms. The zero-order chi connectivity index (χ0) is 13.2. The van der Waals surface area contributed by atoms with Gasteiger partial charge in [-0.15, -0.1) is 0 Å². The van der Waals surface area contributed by atoms with Gasteiger partial charge in [-0.1, -0.05) is 56.4 Å². The van der Waals surface area contributed by atoms with E-state index in [1.54, 1.807) is 0 Å². The minimum atomic E-state index is 0.176. The van der Waals surface area contributed by atoms with Crippen molar-refractivity contribution in [3.05, 3.63) is 35.9 Å². The summed E-state index contributed by atoms with van der Waals surface area (Å²) >= 11 is 5.24. The summed E-state index contributed by atoms with van der Waals surface area (Å²) in [6.45, 7) is 7.89. The molecule has 1 aromatic carbocycles. The SMILES string of the molecule is CC1(C)CCN(CC(C(N)=S)c2ccccc2)C1. The standard InChI is InChI=1S/C15H22N2S/c1-15(2)8-9-17(11-15)10-13(14(16)18)12-6-4-3-5-7-12/h3-7,13H,8-11H2,1-2H3,(H2,16,18).